The van der Waals surface area contributed by atoms with Gasteiger partial charge in [0.1, 0.15) is 6.04 Å². The minimum Gasteiger partial charge on any atom is -0.354 e. The summed E-state index contributed by atoms with van der Waals surface area (Å²) in [6.45, 7) is 6.64. The number of aryl methyl sites for hydroxylation is 1. The van der Waals surface area contributed by atoms with Gasteiger partial charge in [-0.2, -0.15) is 0 Å². The minimum absolute atomic E-state index is 0.0209. The van der Waals surface area contributed by atoms with Crippen LogP contribution >= 0.6 is 0 Å². The molecule has 0 saturated carbocycles. The first kappa shape index (κ1) is 31.3. The van der Waals surface area contributed by atoms with Crippen LogP contribution in [0.5, 0.6) is 0 Å². The van der Waals surface area contributed by atoms with E-state index in [0.717, 1.165) is 32.2 Å². The SMILES string of the molecule is CC[C@H](C)C1NC(=O)CCCN(C(=O)[C@H]2CCCCN2)CCCNC(=O)c2ccc3[nH]c(=O)n(c3c2)CCCNC1=O. The second-order valence-corrected chi connectivity index (χ2v) is 11.4. The van der Waals surface area contributed by atoms with Gasteiger partial charge in [-0.05, 0) is 62.8 Å². The Morgan fingerprint density at radius 3 is 2.48 bits per heavy atom. The van der Waals surface area contributed by atoms with E-state index >= 15 is 0 Å². The number of rotatable bonds is 3. The van der Waals surface area contributed by atoms with Crippen LogP contribution in [0.4, 0.5) is 0 Å². The lowest BCUT2D eigenvalue weighted by Gasteiger charge is -2.30. The Labute approximate surface area is 246 Å². The van der Waals surface area contributed by atoms with Crippen LogP contribution in [-0.2, 0) is 20.9 Å². The molecule has 1 unspecified atom stereocenters. The first-order valence-corrected chi connectivity index (χ1v) is 15.4. The third-order valence-electron chi connectivity index (χ3n) is 8.35. The van der Waals surface area contributed by atoms with E-state index in [2.05, 4.69) is 26.3 Å². The van der Waals surface area contributed by atoms with Crippen LogP contribution in [0.1, 0.15) is 75.6 Å². The zero-order valence-corrected chi connectivity index (χ0v) is 24.8. The van der Waals surface area contributed by atoms with Gasteiger partial charge in [0.05, 0.1) is 17.1 Å². The maximum atomic E-state index is 13.3. The number of fused-ring (bicyclic) bond motifs is 1. The lowest BCUT2D eigenvalue weighted by molar-refractivity contribution is -0.134. The summed E-state index contributed by atoms with van der Waals surface area (Å²) in [6, 6.07) is 4.19. The van der Waals surface area contributed by atoms with Gasteiger partial charge in [-0.1, -0.05) is 26.7 Å². The third kappa shape index (κ3) is 7.99. The van der Waals surface area contributed by atoms with Crippen LogP contribution in [0, 0.1) is 5.92 Å². The predicted octanol–water partition coefficient (Wildman–Crippen LogP) is 1.25. The quantitative estimate of drug-likeness (QED) is 0.366. The molecule has 42 heavy (non-hydrogen) atoms. The summed E-state index contributed by atoms with van der Waals surface area (Å²) in [5, 5.41) is 12.1. The van der Waals surface area contributed by atoms with Crippen molar-refractivity contribution in [3.8, 4) is 0 Å². The van der Waals surface area contributed by atoms with Crippen LogP contribution in [0.15, 0.2) is 23.0 Å². The Morgan fingerprint density at radius 2 is 1.71 bits per heavy atom. The Kier molecular flexibility index (Phi) is 11.2. The average Bonchev–Trinajstić information content (AvgIpc) is 3.32. The molecule has 1 aromatic carbocycles. The molecule has 3 heterocycles. The van der Waals surface area contributed by atoms with Crippen molar-refractivity contribution in [2.75, 3.05) is 32.7 Å². The lowest BCUT2D eigenvalue weighted by atomic mass is 9.98. The van der Waals surface area contributed by atoms with Crippen LogP contribution in [0.25, 0.3) is 11.0 Å². The standard InChI is InChI=1S/C30H45N7O5/c1-3-20(2)26-28(40)33-15-8-18-37-24-19-21(11-12-22(24)34-30(37)42)27(39)32-14-7-17-36(16-6-10-25(38)35-26)29(41)23-9-4-5-13-31-23/h11-12,19-20,23,26,31H,3-10,13-18H2,1-2H3,(H,32,39)(H,33,40)(H,34,42)(H,35,38)/t20-,23+,26?/m0/s1. The molecule has 1 saturated heterocycles. The van der Waals surface area contributed by atoms with E-state index in [1.165, 1.54) is 0 Å². The maximum Gasteiger partial charge on any atom is 0.326 e. The molecule has 0 aliphatic carbocycles. The van der Waals surface area contributed by atoms with E-state index in [1.807, 2.05) is 13.8 Å². The van der Waals surface area contributed by atoms with E-state index in [9.17, 15) is 24.0 Å². The maximum absolute atomic E-state index is 13.3. The van der Waals surface area contributed by atoms with Crippen LogP contribution in [-0.4, -0.2) is 82.9 Å². The van der Waals surface area contributed by atoms with E-state index in [4.69, 9.17) is 0 Å². The molecule has 5 N–H and O–H groups in total. The van der Waals surface area contributed by atoms with Crippen molar-refractivity contribution < 1.29 is 19.2 Å². The molecule has 12 heteroatoms. The smallest absolute Gasteiger partial charge is 0.326 e. The van der Waals surface area contributed by atoms with Gasteiger partial charge in [0, 0.05) is 44.7 Å². The fourth-order valence-corrected chi connectivity index (χ4v) is 5.64. The minimum atomic E-state index is -0.670. The highest BCUT2D eigenvalue weighted by molar-refractivity contribution is 5.97. The number of hydrogen-bond donors (Lipinski definition) is 5. The largest absolute Gasteiger partial charge is 0.354 e. The Morgan fingerprint density at radius 1 is 0.952 bits per heavy atom. The Balaban J connectivity index is 1.53. The molecule has 2 aliphatic rings. The van der Waals surface area contributed by atoms with Crippen LogP contribution in [0.2, 0.25) is 0 Å². The molecule has 1 aromatic heterocycles. The number of imidazole rings is 1. The van der Waals surface area contributed by atoms with Crippen LogP contribution < -0.4 is 27.0 Å². The fraction of sp³-hybridized carbons (Fsp3) is 0.633. The van der Waals surface area contributed by atoms with Crippen LogP contribution in [0.3, 0.4) is 0 Å². The average molecular weight is 584 g/mol. The van der Waals surface area contributed by atoms with Crippen molar-refractivity contribution in [3.63, 3.8) is 0 Å². The number of benzene rings is 1. The van der Waals surface area contributed by atoms with Crippen molar-refractivity contribution in [2.45, 2.75) is 83.8 Å². The highest BCUT2D eigenvalue weighted by atomic mass is 16.2. The first-order chi connectivity index (χ1) is 20.3. The van der Waals surface area contributed by atoms with Gasteiger partial charge in [0.2, 0.25) is 17.7 Å². The second kappa shape index (κ2) is 15.0. The summed E-state index contributed by atoms with van der Waals surface area (Å²) >= 11 is 0. The normalized spacial score (nSPS) is 23.0. The van der Waals surface area contributed by atoms with Gasteiger partial charge in [0.15, 0.2) is 0 Å². The van der Waals surface area contributed by atoms with E-state index < -0.39 is 6.04 Å². The van der Waals surface area contributed by atoms with Crippen molar-refractivity contribution in [2.24, 2.45) is 5.92 Å². The number of hydrogen-bond acceptors (Lipinski definition) is 6. The molecule has 3 atom stereocenters. The van der Waals surface area contributed by atoms with Crippen molar-refractivity contribution >= 4 is 34.7 Å². The number of amides is 4. The summed E-state index contributed by atoms with van der Waals surface area (Å²) in [6.07, 6.45) is 5.26. The summed E-state index contributed by atoms with van der Waals surface area (Å²) in [5.74, 6) is -0.778. The molecule has 0 spiro atoms. The summed E-state index contributed by atoms with van der Waals surface area (Å²) in [4.78, 5) is 69.5. The summed E-state index contributed by atoms with van der Waals surface area (Å²) < 4.78 is 1.57. The molecular formula is C30H45N7O5. The number of nitrogens with zero attached hydrogens (tertiary/aromatic N) is 2. The molecule has 1 fully saturated rings. The predicted molar refractivity (Wildman–Crippen MR) is 160 cm³/mol. The molecule has 4 amide bonds. The molecule has 12 nitrogen and oxygen atoms in total. The topological polar surface area (TPSA) is 157 Å². The van der Waals surface area contributed by atoms with Crippen molar-refractivity contribution in [1.29, 1.82) is 0 Å². The molecule has 2 aliphatic heterocycles. The Bertz CT molecular complexity index is 1310. The number of aromatic amines is 1. The van der Waals surface area contributed by atoms with Gasteiger partial charge >= 0.3 is 5.69 Å². The number of carbonyl (C=O) groups is 4. The highest BCUT2D eigenvalue weighted by Gasteiger charge is 2.27. The van der Waals surface area contributed by atoms with Gasteiger partial charge in [-0.25, -0.2) is 4.79 Å². The highest BCUT2D eigenvalue weighted by Crippen LogP contribution is 2.15. The zero-order valence-electron chi connectivity index (χ0n) is 24.8. The van der Waals surface area contributed by atoms with Crippen molar-refractivity contribution in [3.05, 3.63) is 34.2 Å². The summed E-state index contributed by atoms with van der Waals surface area (Å²) in [7, 11) is 0. The fourth-order valence-electron chi connectivity index (χ4n) is 5.64. The number of H-pyrrole nitrogens is 1. The second-order valence-electron chi connectivity index (χ2n) is 11.4. The Hall–Kier alpha value is -3.67. The van der Waals surface area contributed by atoms with Gasteiger partial charge in [0.25, 0.3) is 5.91 Å². The lowest BCUT2D eigenvalue weighted by Crippen LogP contribution is -2.51. The summed E-state index contributed by atoms with van der Waals surface area (Å²) in [5.41, 5.74) is 1.40. The molecule has 0 radical (unpaired) electrons. The molecular weight excluding hydrogens is 538 g/mol. The molecule has 230 valence electrons. The van der Waals surface area contributed by atoms with E-state index in [1.54, 1.807) is 27.7 Å². The monoisotopic (exact) mass is 583 g/mol. The molecule has 4 rings (SSSR count). The molecule has 2 bridgehead atoms. The third-order valence-corrected chi connectivity index (χ3v) is 8.35. The molecule has 2 aromatic rings. The van der Waals surface area contributed by atoms with Gasteiger partial charge in [-0.3, -0.25) is 23.7 Å². The van der Waals surface area contributed by atoms with Crippen molar-refractivity contribution in [1.82, 2.24) is 35.7 Å². The van der Waals surface area contributed by atoms with Gasteiger partial charge < -0.3 is 31.2 Å². The zero-order chi connectivity index (χ0) is 30.1. The number of piperidine rings is 1. The van der Waals surface area contributed by atoms with Gasteiger partial charge in [-0.15, -0.1) is 0 Å². The number of aromatic nitrogens is 2. The van der Waals surface area contributed by atoms with E-state index in [0.29, 0.717) is 68.6 Å². The van der Waals surface area contributed by atoms with E-state index in [-0.39, 0.29) is 47.7 Å². The number of carbonyl (C=O) groups excluding carboxylic acids is 4. The number of nitrogens with one attached hydrogen (secondary N) is 5. The first-order valence-electron chi connectivity index (χ1n) is 15.4.